The maximum absolute atomic E-state index is 10.6. The molecular formula is C9H5N5O2S. The molecule has 0 atom stereocenters. The Morgan fingerprint density at radius 3 is 3.06 bits per heavy atom. The van der Waals surface area contributed by atoms with Crippen LogP contribution in [0, 0.1) is 10.1 Å². The average molecular weight is 247 g/mol. The Hall–Kier alpha value is -2.35. The molecule has 3 rings (SSSR count). The molecule has 0 bridgehead atoms. The maximum atomic E-state index is 10.6. The monoisotopic (exact) mass is 247 g/mol. The van der Waals surface area contributed by atoms with Gasteiger partial charge in [-0.1, -0.05) is 0 Å². The van der Waals surface area contributed by atoms with Gasteiger partial charge >= 0.3 is 5.69 Å². The third kappa shape index (κ3) is 1.54. The Morgan fingerprint density at radius 1 is 1.41 bits per heavy atom. The van der Waals surface area contributed by atoms with Crippen molar-refractivity contribution < 1.29 is 4.92 Å². The Morgan fingerprint density at radius 2 is 2.29 bits per heavy atom. The number of thiophene rings is 1. The molecule has 0 spiro atoms. The average Bonchev–Trinajstić information content (AvgIpc) is 2.97. The maximum Gasteiger partial charge on any atom is 0.307 e. The molecule has 0 N–H and O–H groups in total. The Bertz CT molecular complexity index is 704. The van der Waals surface area contributed by atoms with Crippen LogP contribution in [-0.2, 0) is 0 Å². The van der Waals surface area contributed by atoms with Gasteiger partial charge in [-0.2, -0.15) is 5.10 Å². The molecule has 0 radical (unpaired) electrons. The van der Waals surface area contributed by atoms with Gasteiger partial charge in [0.1, 0.15) is 18.7 Å². The Balaban J connectivity index is 2.19. The molecule has 3 aromatic heterocycles. The standard InChI is InChI=1S/C9H5N5O2S/c15-14(16)6-3-12-13(4-6)9-8-7(1-2-17-8)10-5-11-9/h1-5H. The smallest absolute Gasteiger partial charge is 0.258 e. The summed E-state index contributed by atoms with van der Waals surface area (Å²) in [5, 5.41) is 16.4. The van der Waals surface area contributed by atoms with Crippen LogP contribution in [0.5, 0.6) is 0 Å². The third-order valence-corrected chi connectivity index (χ3v) is 3.12. The first-order valence-electron chi connectivity index (χ1n) is 4.63. The van der Waals surface area contributed by atoms with Crippen LogP contribution in [0.4, 0.5) is 5.69 Å². The Kier molecular flexibility index (Phi) is 2.08. The molecule has 0 amide bonds. The number of aromatic nitrogens is 4. The molecule has 0 fully saturated rings. The predicted molar refractivity (Wildman–Crippen MR) is 61.2 cm³/mol. The van der Waals surface area contributed by atoms with E-state index < -0.39 is 4.92 Å². The second-order valence-electron chi connectivity index (χ2n) is 3.23. The van der Waals surface area contributed by atoms with E-state index >= 15 is 0 Å². The van der Waals surface area contributed by atoms with E-state index in [1.165, 1.54) is 34.7 Å². The van der Waals surface area contributed by atoms with Gasteiger partial charge in [0.05, 0.1) is 15.1 Å². The zero-order valence-electron chi connectivity index (χ0n) is 8.35. The highest BCUT2D eigenvalue weighted by Crippen LogP contribution is 2.24. The van der Waals surface area contributed by atoms with Gasteiger partial charge < -0.3 is 0 Å². The first-order chi connectivity index (χ1) is 8.25. The lowest BCUT2D eigenvalue weighted by atomic mass is 10.4. The van der Waals surface area contributed by atoms with Gasteiger partial charge in [-0.15, -0.1) is 11.3 Å². The van der Waals surface area contributed by atoms with Crippen LogP contribution < -0.4 is 0 Å². The van der Waals surface area contributed by atoms with Gasteiger partial charge in [-0.05, 0) is 11.4 Å². The third-order valence-electron chi connectivity index (χ3n) is 2.22. The summed E-state index contributed by atoms with van der Waals surface area (Å²) in [4.78, 5) is 18.3. The van der Waals surface area contributed by atoms with E-state index in [9.17, 15) is 10.1 Å². The summed E-state index contributed by atoms with van der Waals surface area (Å²) in [5.74, 6) is 0.554. The van der Waals surface area contributed by atoms with Crippen LogP contribution in [0.15, 0.2) is 30.2 Å². The highest BCUT2D eigenvalue weighted by molar-refractivity contribution is 7.17. The van der Waals surface area contributed by atoms with Crippen molar-refractivity contribution in [3.05, 3.63) is 40.3 Å². The molecule has 17 heavy (non-hydrogen) atoms. The summed E-state index contributed by atoms with van der Waals surface area (Å²) >= 11 is 1.47. The molecule has 0 aliphatic rings. The van der Waals surface area contributed by atoms with E-state index in [1.54, 1.807) is 0 Å². The van der Waals surface area contributed by atoms with Crippen LogP contribution in [0.1, 0.15) is 0 Å². The molecule has 3 heterocycles. The van der Waals surface area contributed by atoms with Crippen LogP contribution in [0.25, 0.3) is 16.0 Å². The fourth-order valence-corrected chi connectivity index (χ4v) is 2.29. The van der Waals surface area contributed by atoms with E-state index in [0.29, 0.717) is 5.82 Å². The molecular weight excluding hydrogens is 242 g/mol. The van der Waals surface area contributed by atoms with Gasteiger partial charge in [0.15, 0.2) is 5.82 Å². The molecule has 0 unspecified atom stereocenters. The molecule has 3 aromatic rings. The number of nitrogens with zero attached hydrogens (tertiary/aromatic N) is 5. The van der Waals surface area contributed by atoms with Crippen LogP contribution in [0.2, 0.25) is 0 Å². The van der Waals surface area contributed by atoms with E-state index in [2.05, 4.69) is 15.1 Å². The molecule has 84 valence electrons. The van der Waals surface area contributed by atoms with Crippen molar-refractivity contribution in [1.82, 2.24) is 19.7 Å². The molecule has 8 heteroatoms. The van der Waals surface area contributed by atoms with Gasteiger partial charge in [-0.3, -0.25) is 10.1 Å². The summed E-state index contributed by atoms with van der Waals surface area (Å²) in [6.45, 7) is 0. The van der Waals surface area contributed by atoms with E-state index in [0.717, 1.165) is 10.2 Å². The van der Waals surface area contributed by atoms with Gasteiger partial charge in [0.2, 0.25) is 0 Å². The predicted octanol–water partition coefficient (Wildman–Crippen LogP) is 1.79. The molecule has 0 saturated carbocycles. The number of hydrogen-bond acceptors (Lipinski definition) is 6. The van der Waals surface area contributed by atoms with E-state index in [1.807, 2.05) is 11.4 Å². The zero-order valence-corrected chi connectivity index (χ0v) is 9.16. The van der Waals surface area contributed by atoms with Gasteiger partial charge in [0, 0.05) is 0 Å². The zero-order chi connectivity index (χ0) is 11.8. The second kappa shape index (κ2) is 3.59. The summed E-state index contributed by atoms with van der Waals surface area (Å²) in [5.41, 5.74) is 0.742. The van der Waals surface area contributed by atoms with Crippen molar-refractivity contribution in [2.45, 2.75) is 0 Å². The summed E-state index contributed by atoms with van der Waals surface area (Å²) in [7, 11) is 0. The van der Waals surface area contributed by atoms with Crippen molar-refractivity contribution in [2.75, 3.05) is 0 Å². The first-order valence-corrected chi connectivity index (χ1v) is 5.51. The van der Waals surface area contributed by atoms with Gasteiger partial charge in [-0.25, -0.2) is 14.6 Å². The van der Waals surface area contributed by atoms with Crippen LogP contribution >= 0.6 is 11.3 Å². The summed E-state index contributed by atoms with van der Waals surface area (Å²) in [6.07, 6.45) is 3.95. The van der Waals surface area contributed by atoms with Crippen LogP contribution in [0.3, 0.4) is 0 Å². The minimum absolute atomic E-state index is 0.0617. The highest BCUT2D eigenvalue weighted by atomic mass is 32.1. The van der Waals surface area contributed by atoms with E-state index in [-0.39, 0.29) is 5.69 Å². The fraction of sp³-hybridized carbons (Fsp3) is 0. The van der Waals surface area contributed by atoms with Crippen molar-refractivity contribution >= 4 is 27.2 Å². The minimum atomic E-state index is -0.490. The molecule has 0 aromatic carbocycles. The lowest BCUT2D eigenvalue weighted by Crippen LogP contribution is -1.98. The lowest BCUT2D eigenvalue weighted by molar-refractivity contribution is -0.384. The van der Waals surface area contributed by atoms with Crippen molar-refractivity contribution in [2.24, 2.45) is 0 Å². The fourth-order valence-electron chi connectivity index (χ4n) is 1.46. The van der Waals surface area contributed by atoms with Crippen molar-refractivity contribution in [3.63, 3.8) is 0 Å². The van der Waals surface area contributed by atoms with E-state index in [4.69, 9.17) is 0 Å². The van der Waals surface area contributed by atoms with Crippen molar-refractivity contribution in [3.8, 4) is 5.82 Å². The number of nitro groups is 1. The normalized spacial score (nSPS) is 10.8. The number of rotatable bonds is 2. The van der Waals surface area contributed by atoms with Crippen molar-refractivity contribution in [1.29, 1.82) is 0 Å². The summed E-state index contributed by atoms with van der Waals surface area (Å²) in [6, 6.07) is 1.86. The lowest BCUT2D eigenvalue weighted by Gasteiger charge is -1.99. The number of hydrogen-bond donors (Lipinski definition) is 0. The second-order valence-corrected chi connectivity index (χ2v) is 4.15. The number of fused-ring (bicyclic) bond motifs is 1. The topological polar surface area (TPSA) is 86.7 Å². The molecule has 0 saturated heterocycles. The highest BCUT2D eigenvalue weighted by Gasteiger charge is 2.13. The van der Waals surface area contributed by atoms with Gasteiger partial charge in [0.25, 0.3) is 0 Å². The molecule has 7 nitrogen and oxygen atoms in total. The molecule has 0 aliphatic carbocycles. The first kappa shape index (κ1) is 9.85. The van der Waals surface area contributed by atoms with Crippen LogP contribution in [-0.4, -0.2) is 24.7 Å². The largest absolute Gasteiger partial charge is 0.307 e. The SMILES string of the molecule is O=[N+]([O-])c1cnn(-c2ncnc3ccsc23)c1. The molecule has 0 aliphatic heterocycles. The quantitative estimate of drug-likeness (QED) is 0.509. The summed E-state index contributed by atoms with van der Waals surface area (Å²) < 4.78 is 2.24. The Labute approximate surface area is 98.5 Å². The minimum Gasteiger partial charge on any atom is -0.258 e.